The molecule has 2 aromatic rings. The Kier molecular flexibility index (Phi) is 4.59. The first-order chi connectivity index (χ1) is 9.41. The predicted molar refractivity (Wildman–Crippen MR) is 80.3 cm³/mol. The zero-order chi connectivity index (χ0) is 14.8. The molecule has 1 aromatic carbocycles. The number of benzene rings is 1. The third kappa shape index (κ3) is 3.27. The van der Waals surface area contributed by atoms with Crippen LogP contribution in [0.3, 0.4) is 0 Å². The standard InChI is InChI=1S/C14H17NO3S2/c1-11-5-7-12(8-6-11)20(17,18)15(2)10-13(16)14-4-3-9-19-14/h3-9,13,16H,10H2,1-2H3. The fraction of sp³-hybridized carbons (Fsp3) is 0.286. The van der Waals surface area contributed by atoms with Crippen LogP contribution in [0, 0.1) is 6.92 Å². The molecule has 1 N–H and O–H groups in total. The second-order valence-corrected chi connectivity index (χ2v) is 7.65. The number of aliphatic hydroxyl groups excluding tert-OH is 1. The van der Waals surface area contributed by atoms with E-state index in [1.165, 1.54) is 22.7 Å². The molecule has 1 aromatic heterocycles. The van der Waals surface area contributed by atoms with E-state index < -0.39 is 16.1 Å². The minimum Gasteiger partial charge on any atom is -0.386 e. The molecule has 0 bridgehead atoms. The molecule has 0 saturated heterocycles. The number of aliphatic hydroxyl groups is 1. The Morgan fingerprint density at radius 1 is 1.25 bits per heavy atom. The quantitative estimate of drug-likeness (QED) is 0.922. The van der Waals surface area contributed by atoms with Gasteiger partial charge in [-0.15, -0.1) is 11.3 Å². The Bertz CT molecular complexity index is 648. The maximum atomic E-state index is 12.4. The fourth-order valence-electron chi connectivity index (χ4n) is 1.80. The predicted octanol–water partition coefficient (Wildman–Crippen LogP) is 2.41. The Hall–Kier alpha value is -1.21. The van der Waals surface area contributed by atoms with Crippen molar-refractivity contribution < 1.29 is 13.5 Å². The summed E-state index contributed by atoms with van der Waals surface area (Å²) in [7, 11) is -2.09. The highest BCUT2D eigenvalue weighted by Gasteiger charge is 2.23. The van der Waals surface area contributed by atoms with Crippen LogP contribution >= 0.6 is 11.3 Å². The summed E-state index contributed by atoms with van der Waals surface area (Å²) >= 11 is 1.41. The molecule has 0 aliphatic heterocycles. The van der Waals surface area contributed by atoms with Gasteiger partial charge in [0.1, 0.15) is 6.10 Å². The van der Waals surface area contributed by atoms with Gasteiger partial charge in [-0.1, -0.05) is 23.8 Å². The zero-order valence-electron chi connectivity index (χ0n) is 11.4. The Labute approximate surface area is 123 Å². The first kappa shape index (κ1) is 15.2. The molecular formula is C14H17NO3S2. The minimum absolute atomic E-state index is 0.0384. The summed E-state index contributed by atoms with van der Waals surface area (Å²) in [5.74, 6) is 0. The van der Waals surface area contributed by atoms with Crippen molar-refractivity contribution in [1.29, 1.82) is 0 Å². The Balaban J connectivity index is 2.15. The van der Waals surface area contributed by atoms with Gasteiger partial charge in [-0.05, 0) is 30.5 Å². The van der Waals surface area contributed by atoms with Crippen LogP contribution in [-0.4, -0.2) is 31.4 Å². The van der Waals surface area contributed by atoms with Crippen LogP contribution in [0.25, 0.3) is 0 Å². The first-order valence-electron chi connectivity index (χ1n) is 6.16. The summed E-state index contributed by atoms with van der Waals surface area (Å²) in [4.78, 5) is 1.000. The molecule has 0 aliphatic carbocycles. The number of aryl methyl sites for hydroxylation is 1. The highest BCUT2D eigenvalue weighted by molar-refractivity contribution is 7.89. The molecule has 0 radical (unpaired) electrons. The molecule has 0 fully saturated rings. The van der Waals surface area contributed by atoms with Crippen molar-refractivity contribution in [3.05, 3.63) is 52.2 Å². The number of nitrogens with zero attached hydrogens (tertiary/aromatic N) is 1. The van der Waals surface area contributed by atoms with Crippen molar-refractivity contribution in [2.75, 3.05) is 13.6 Å². The van der Waals surface area contributed by atoms with Gasteiger partial charge in [-0.2, -0.15) is 4.31 Å². The van der Waals surface area contributed by atoms with E-state index in [-0.39, 0.29) is 11.4 Å². The lowest BCUT2D eigenvalue weighted by Crippen LogP contribution is -2.31. The van der Waals surface area contributed by atoms with E-state index in [1.54, 1.807) is 30.3 Å². The maximum absolute atomic E-state index is 12.4. The molecule has 1 heterocycles. The Morgan fingerprint density at radius 3 is 2.45 bits per heavy atom. The van der Waals surface area contributed by atoms with E-state index in [2.05, 4.69) is 0 Å². The third-order valence-electron chi connectivity index (χ3n) is 3.03. The van der Waals surface area contributed by atoms with Gasteiger partial charge >= 0.3 is 0 Å². The van der Waals surface area contributed by atoms with Gasteiger partial charge in [-0.3, -0.25) is 0 Å². The molecule has 0 amide bonds. The van der Waals surface area contributed by atoms with Crippen molar-refractivity contribution in [3.63, 3.8) is 0 Å². The van der Waals surface area contributed by atoms with Crippen LogP contribution in [0.2, 0.25) is 0 Å². The van der Waals surface area contributed by atoms with Gasteiger partial charge in [-0.25, -0.2) is 8.42 Å². The van der Waals surface area contributed by atoms with E-state index in [0.717, 1.165) is 10.4 Å². The second-order valence-electron chi connectivity index (χ2n) is 4.63. The van der Waals surface area contributed by atoms with Crippen LogP contribution in [-0.2, 0) is 10.0 Å². The summed E-state index contributed by atoms with van der Waals surface area (Å²) in [5.41, 5.74) is 1.00. The zero-order valence-corrected chi connectivity index (χ0v) is 13.0. The van der Waals surface area contributed by atoms with Gasteiger partial charge in [0, 0.05) is 18.5 Å². The molecule has 0 saturated carbocycles. The number of hydrogen-bond donors (Lipinski definition) is 1. The normalized spacial score (nSPS) is 13.6. The molecule has 4 nitrogen and oxygen atoms in total. The lowest BCUT2D eigenvalue weighted by molar-refractivity contribution is 0.158. The van der Waals surface area contributed by atoms with Crippen LogP contribution in [0.5, 0.6) is 0 Å². The van der Waals surface area contributed by atoms with Crippen LogP contribution in [0.1, 0.15) is 16.5 Å². The number of rotatable bonds is 5. The summed E-state index contributed by atoms with van der Waals surface area (Å²) in [6.45, 7) is 1.94. The van der Waals surface area contributed by atoms with Crippen molar-refractivity contribution in [3.8, 4) is 0 Å². The second kappa shape index (κ2) is 6.05. The summed E-state index contributed by atoms with van der Waals surface area (Å²) in [6, 6.07) is 10.3. The number of thiophene rings is 1. The molecular weight excluding hydrogens is 294 g/mol. The summed E-state index contributed by atoms with van der Waals surface area (Å²) in [6.07, 6.45) is -0.805. The Morgan fingerprint density at radius 2 is 1.90 bits per heavy atom. The van der Waals surface area contributed by atoms with Gasteiger partial charge < -0.3 is 5.11 Å². The molecule has 1 atom stereocenters. The molecule has 1 unspecified atom stereocenters. The fourth-order valence-corrected chi connectivity index (χ4v) is 3.68. The summed E-state index contributed by atoms with van der Waals surface area (Å²) in [5, 5.41) is 11.9. The monoisotopic (exact) mass is 311 g/mol. The molecule has 0 spiro atoms. The van der Waals surface area contributed by atoms with Crippen molar-refractivity contribution >= 4 is 21.4 Å². The average Bonchev–Trinajstić information content (AvgIpc) is 2.93. The largest absolute Gasteiger partial charge is 0.386 e. The average molecular weight is 311 g/mol. The molecule has 2 rings (SSSR count). The minimum atomic E-state index is -3.56. The SMILES string of the molecule is Cc1ccc(S(=O)(=O)N(C)CC(O)c2cccs2)cc1. The first-order valence-corrected chi connectivity index (χ1v) is 8.47. The molecule has 20 heavy (non-hydrogen) atoms. The van der Waals surface area contributed by atoms with Gasteiger partial charge in [0.15, 0.2) is 0 Å². The molecule has 0 aliphatic rings. The van der Waals surface area contributed by atoms with Gasteiger partial charge in [0.2, 0.25) is 10.0 Å². The van der Waals surface area contributed by atoms with E-state index in [4.69, 9.17) is 0 Å². The number of sulfonamides is 1. The number of hydrogen-bond acceptors (Lipinski definition) is 4. The van der Waals surface area contributed by atoms with E-state index >= 15 is 0 Å². The highest BCUT2D eigenvalue weighted by atomic mass is 32.2. The van der Waals surface area contributed by atoms with E-state index in [0.29, 0.717) is 0 Å². The van der Waals surface area contributed by atoms with Crippen molar-refractivity contribution in [2.24, 2.45) is 0 Å². The van der Waals surface area contributed by atoms with Crippen LogP contribution < -0.4 is 0 Å². The smallest absolute Gasteiger partial charge is 0.242 e. The van der Waals surface area contributed by atoms with Crippen molar-refractivity contribution in [2.45, 2.75) is 17.9 Å². The summed E-state index contributed by atoms with van der Waals surface area (Å²) < 4.78 is 25.9. The van der Waals surface area contributed by atoms with Gasteiger partial charge in [0.25, 0.3) is 0 Å². The molecule has 108 valence electrons. The number of likely N-dealkylation sites (N-methyl/N-ethyl adjacent to an activating group) is 1. The van der Waals surface area contributed by atoms with Crippen LogP contribution in [0.4, 0.5) is 0 Å². The lowest BCUT2D eigenvalue weighted by atomic mass is 10.2. The maximum Gasteiger partial charge on any atom is 0.242 e. The van der Waals surface area contributed by atoms with E-state index in [9.17, 15) is 13.5 Å². The molecule has 6 heteroatoms. The van der Waals surface area contributed by atoms with Crippen LogP contribution in [0.15, 0.2) is 46.7 Å². The third-order valence-corrected chi connectivity index (χ3v) is 5.84. The lowest BCUT2D eigenvalue weighted by Gasteiger charge is -2.20. The topological polar surface area (TPSA) is 57.6 Å². The van der Waals surface area contributed by atoms with Gasteiger partial charge in [0.05, 0.1) is 4.90 Å². The van der Waals surface area contributed by atoms with Crippen molar-refractivity contribution in [1.82, 2.24) is 4.31 Å². The highest BCUT2D eigenvalue weighted by Crippen LogP contribution is 2.22. The van der Waals surface area contributed by atoms with E-state index in [1.807, 2.05) is 18.4 Å².